The molecular formula is C12H22N2O. The average molecular weight is 210 g/mol. The Morgan fingerprint density at radius 1 is 1.60 bits per heavy atom. The molecule has 2 unspecified atom stereocenters. The minimum absolute atomic E-state index is 0.192. The highest BCUT2D eigenvalue weighted by Gasteiger charge is 2.32. The average Bonchev–Trinajstić information content (AvgIpc) is 2.67. The van der Waals surface area contributed by atoms with Crippen LogP contribution in [-0.2, 0) is 4.79 Å². The Bertz CT molecular complexity index is 228. The van der Waals surface area contributed by atoms with Crippen molar-refractivity contribution in [3.8, 4) is 0 Å². The summed E-state index contributed by atoms with van der Waals surface area (Å²) in [6.07, 6.45) is 5.60. The van der Waals surface area contributed by atoms with Crippen molar-refractivity contribution in [2.75, 3.05) is 13.1 Å². The van der Waals surface area contributed by atoms with Gasteiger partial charge in [0.2, 0.25) is 5.91 Å². The summed E-state index contributed by atoms with van der Waals surface area (Å²) < 4.78 is 0. The van der Waals surface area contributed by atoms with Crippen molar-refractivity contribution in [2.45, 2.75) is 38.6 Å². The van der Waals surface area contributed by atoms with Crippen LogP contribution in [0.3, 0.4) is 0 Å². The van der Waals surface area contributed by atoms with E-state index in [1.165, 1.54) is 12.8 Å². The number of carbonyl (C=O) groups excluding carboxylic acids is 1. The van der Waals surface area contributed by atoms with E-state index in [0.717, 1.165) is 13.0 Å². The summed E-state index contributed by atoms with van der Waals surface area (Å²) in [7, 11) is 0. The number of rotatable bonds is 5. The molecule has 0 heterocycles. The van der Waals surface area contributed by atoms with E-state index in [4.69, 9.17) is 5.73 Å². The summed E-state index contributed by atoms with van der Waals surface area (Å²) in [6, 6.07) is 0.368. The topological polar surface area (TPSA) is 46.3 Å². The lowest BCUT2D eigenvalue weighted by molar-refractivity contribution is -0.133. The maximum absolute atomic E-state index is 11.8. The minimum Gasteiger partial charge on any atom is -0.339 e. The molecule has 0 aromatic rings. The predicted molar refractivity (Wildman–Crippen MR) is 62.4 cm³/mol. The van der Waals surface area contributed by atoms with Crippen LogP contribution in [0.1, 0.15) is 32.6 Å². The van der Waals surface area contributed by atoms with Crippen LogP contribution < -0.4 is 5.73 Å². The Kier molecular flexibility index (Phi) is 4.82. The van der Waals surface area contributed by atoms with Gasteiger partial charge in [0.1, 0.15) is 0 Å². The largest absolute Gasteiger partial charge is 0.339 e. The van der Waals surface area contributed by atoms with Crippen molar-refractivity contribution in [3.63, 3.8) is 0 Å². The number of hydrogen-bond acceptors (Lipinski definition) is 2. The molecule has 0 saturated heterocycles. The standard InChI is InChI=1S/C12H22N2O/c1-3-6-12(15)14(4-2)11-8-5-7-10(11)9-13/h3,10-11H,1,4-9,13H2,2H3. The number of nitrogens with zero attached hydrogens (tertiary/aromatic N) is 1. The number of hydrogen-bond donors (Lipinski definition) is 1. The summed E-state index contributed by atoms with van der Waals surface area (Å²) in [5.41, 5.74) is 5.73. The minimum atomic E-state index is 0.192. The third-order valence-electron chi connectivity index (χ3n) is 3.30. The predicted octanol–water partition coefficient (Wildman–Crippen LogP) is 1.54. The van der Waals surface area contributed by atoms with E-state index in [2.05, 4.69) is 6.58 Å². The first-order chi connectivity index (χ1) is 7.24. The third-order valence-corrected chi connectivity index (χ3v) is 3.30. The van der Waals surface area contributed by atoms with Gasteiger partial charge in [-0.15, -0.1) is 6.58 Å². The molecule has 1 saturated carbocycles. The van der Waals surface area contributed by atoms with Crippen LogP contribution in [0.5, 0.6) is 0 Å². The number of nitrogens with two attached hydrogens (primary N) is 1. The summed E-state index contributed by atoms with van der Waals surface area (Å²) in [6.45, 7) is 7.13. The van der Waals surface area contributed by atoms with Crippen LogP contribution in [0.2, 0.25) is 0 Å². The Labute approximate surface area is 92.3 Å². The first-order valence-corrected chi connectivity index (χ1v) is 5.85. The summed E-state index contributed by atoms with van der Waals surface area (Å²) in [4.78, 5) is 13.8. The lowest BCUT2D eigenvalue weighted by Crippen LogP contribution is -2.43. The molecule has 0 aliphatic heterocycles. The van der Waals surface area contributed by atoms with E-state index < -0.39 is 0 Å². The van der Waals surface area contributed by atoms with Crippen LogP contribution in [0, 0.1) is 5.92 Å². The fourth-order valence-corrected chi connectivity index (χ4v) is 2.54. The van der Waals surface area contributed by atoms with Crippen LogP contribution in [0.15, 0.2) is 12.7 Å². The van der Waals surface area contributed by atoms with E-state index in [1.54, 1.807) is 6.08 Å². The molecule has 0 aromatic heterocycles. The Hall–Kier alpha value is -0.830. The Morgan fingerprint density at radius 3 is 2.87 bits per heavy atom. The molecule has 1 fully saturated rings. The van der Waals surface area contributed by atoms with Crippen molar-refractivity contribution < 1.29 is 4.79 Å². The number of carbonyl (C=O) groups is 1. The lowest BCUT2D eigenvalue weighted by atomic mass is 10.0. The van der Waals surface area contributed by atoms with E-state index in [0.29, 0.717) is 24.9 Å². The van der Waals surface area contributed by atoms with Crippen LogP contribution in [0.4, 0.5) is 0 Å². The van der Waals surface area contributed by atoms with Gasteiger partial charge in [-0.1, -0.05) is 12.5 Å². The highest BCUT2D eigenvalue weighted by atomic mass is 16.2. The zero-order valence-electron chi connectivity index (χ0n) is 9.61. The van der Waals surface area contributed by atoms with Crippen LogP contribution in [0.25, 0.3) is 0 Å². The quantitative estimate of drug-likeness (QED) is 0.700. The van der Waals surface area contributed by atoms with Crippen molar-refractivity contribution in [1.82, 2.24) is 4.90 Å². The van der Waals surface area contributed by atoms with Gasteiger partial charge in [0.15, 0.2) is 0 Å². The maximum atomic E-state index is 11.8. The summed E-state index contributed by atoms with van der Waals surface area (Å²) in [5, 5.41) is 0. The molecule has 0 spiro atoms. The molecule has 1 amide bonds. The van der Waals surface area contributed by atoms with E-state index in [-0.39, 0.29) is 5.91 Å². The molecule has 2 N–H and O–H groups in total. The van der Waals surface area contributed by atoms with Gasteiger partial charge < -0.3 is 10.6 Å². The highest BCUT2D eigenvalue weighted by molar-refractivity contribution is 5.78. The summed E-state index contributed by atoms with van der Waals surface area (Å²) in [5.74, 6) is 0.691. The SMILES string of the molecule is C=CCC(=O)N(CC)C1CCCC1CN. The molecule has 1 aliphatic carbocycles. The van der Waals surface area contributed by atoms with Crippen LogP contribution in [-0.4, -0.2) is 29.9 Å². The molecule has 15 heavy (non-hydrogen) atoms. The Morgan fingerprint density at radius 2 is 2.33 bits per heavy atom. The summed E-state index contributed by atoms with van der Waals surface area (Å²) >= 11 is 0. The fraction of sp³-hybridized carbons (Fsp3) is 0.750. The van der Waals surface area contributed by atoms with Crippen molar-refractivity contribution in [3.05, 3.63) is 12.7 Å². The molecule has 3 heteroatoms. The van der Waals surface area contributed by atoms with Gasteiger partial charge >= 0.3 is 0 Å². The van der Waals surface area contributed by atoms with Crippen LogP contribution >= 0.6 is 0 Å². The molecular weight excluding hydrogens is 188 g/mol. The van der Waals surface area contributed by atoms with E-state index in [1.807, 2.05) is 11.8 Å². The second-order valence-corrected chi connectivity index (χ2v) is 4.17. The van der Waals surface area contributed by atoms with Gasteiger partial charge in [0.05, 0.1) is 0 Å². The molecule has 0 bridgehead atoms. The monoisotopic (exact) mass is 210 g/mol. The van der Waals surface area contributed by atoms with E-state index >= 15 is 0 Å². The zero-order chi connectivity index (χ0) is 11.3. The van der Waals surface area contributed by atoms with Gasteiger partial charge in [-0.2, -0.15) is 0 Å². The molecule has 0 aromatic carbocycles. The van der Waals surface area contributed by atoms with Gasteiger partial charge in [-0.3, -0.25) is 4.79 Å². The molecule has 86 valence electrons. The normalized spacial score (nSPS) is 25.2. The zero-order valence-corrected chi connectivity index (χ0v) is 9.61. The van der Waals surface area contributed by atoms with E-state index in [9.17, 15) is 4.79 Å². The molecule has 1 rings (SSSR count). The highest BCUT2D eigenvalue weighted by Crippen LogP contribution is 2.29. The number of amides is 1. The van der Waals surface area contributed by atoms with Crippen molar-refractivity contribution in [1.29, 1.82) is 0 Å². The van der Waals surface area contributed by atoms with Crippen molar-refractivity contribution >= 4 is 5.91 Å². The molecule has 1 aliphatic rings. The Balaban J connectivity index is 2.64. The third kappa shape index (κ3) is 2.81. The van der Waals surface area contributed by atoms with Gasteiger partial charge in [0, 0.05) is 19.0 Å². The molecule has 2 atom stereocenters. The second kappa shape index (κ2) is 5.91. The first kappa shape index (κ1) is 12.2. The van der Waals surface area contributed by atoms with Crippen molar-refractivity contribution in [2.24, 2.45) is 11.7 Å². The maximum Gasteiger partial charge on any atom is 0.226 e. The van der Waals surface area contributed by atoms with Gasteiger partial charge in [-0.25, -0.2) is 0 Å². The smallest absolute Gasteiger partial charge is 0.226 e. The second-order valence-electron chi connectivity index (χ2n) is 4.17. The first-order valence-electron chi connectivity index (χ1n) is 5.85. The lowest BCUT2D eigenvalue weighted by Gasteiger charge is -2.31. The molecule has 0 radical (unpaired) electrons. The fourth-order valence-electron chi connectivity index (χ4n) is 2.54. The van der Waals surface area contributed by atoms with Gasteiger partial charge in [0.25, 0.3) is 0 Å². The molecule has 3 nitrogen and oxygen atoms in total. The van der Waals surface area contributed by atoms with Gasteiger partial charge in [-0.05, 0) is 32.2 Å².